The first-order valence-corrected chi connectivity index (χ1v) is 7.20. The molecule has 0 aromatic carbocycles. The third-order valence-corrected chi connectivity index (χ3v) is 3.09. The second kappa shape index (κ2) is 8.60. The van der Waals surface area contributed by atoms with E-state index < -0.39 is 54.5 Å². The Bertz CT molecular complexity index is 506. The largest absolute Gasteiger partial charge is 0.463 e. The van der Waals surface area contributed by atoms with Crippen molar-refractivity contribution in [1.29, 1.82) is 0 Å². The molecular formula is C14H21NO9. The molecule has 1 rings (SSSR count). The smallest absolute Gasteiger partial charge is 0.303 e. The Hall–Kier alpha value is -2.20. The fourth-order valence-corrected chi connectivity index (χ4v) is 2.31. The fourth-order valence-electron chi connectivity index (χ4n) is 2.31. The maximum absolute atomic E-state index is 11.4. The van der Waals surface area contributed by atoms with Crippen LogP contribution in [0.1, 0.15) is 27.7 Å². The van der Waals surface area contributed by atoms with Gasteiger partial charge in [0.05, 0.1) is 0 Å². The average Bonchev–Trinajstić information content (AvgIpc) is 2.42. The first kappa shape index (κ1) is 19.8. The SMILES string of the molecule is CC(=O)N[C@H]1C(O)O[C@H](COC(C)=O)[C@H](OC(C)=O)C1OC(C)=O. The van der Waals surface area contributed by atoms with Gasteiger partial charge >= 0.3 is 17.9 Å². The summed E-state index contributed by atoms with van der Waals surface area (Å²) in [6, 6.07) is -1.16. The fraction of sp³-hybridized carbons (Fsp3) is 0.714. The highest BCUT2D eigenvalue weighted by Gasteiger charge is 2.50. The number of aliphatic hydroxyl groups is 1. The standard InChI is InChI=1S/C14H21NO9/c1-6(16)15-11-13(23-9(4)19)12(22-8(3)18)10(24-14(11)20)5-21-7(2)17/h10-14,20H,5H2,1-4H3,(H,15,16)/t10-,11-,12+,13?,14?/m1/s1. The number of esters is 3. The van der Waals surface area contributed by atoms with Crippen molar-refractivity contribution in [3.8, 4) is 0 Å². The second-order valence-corrected chi connectivity index (χ2v) is 5.24. The summed E-state index contributed by atoms with van der Waals surface area (Å²) < 4.78 is 20.3. The highest BCUT2D eigenvalue weighted by Crippen LogP contribution is 2.26. The summed E-state index contributed by atoms with van der Waals surface area (Å²) in [5, 5.41) is 12.5. The zero-order valence-corrected chi connectivity index (χ0v) is 13.8. The van der Waals surface area contributed by atoms with Crippen LogP contribution in [-0.4, -0.2) is 66.2 Å². The van der Waals surface area contributed by atoms with Crippen molar-refractivity contribution in [1.82, 2.24) is 5.32 Å². The molecule has 1 fully saturated rings. The molecular weight excluding hydrogens is 326 g/mol. The quantitative estimate of drug-likeness (QED) is 0.456. The van der Waals surface area contributed by atoms with E-state index in [1.54, 1.807) is 0 Å². The van der Waals surface area contributed by atoms with Gasteiger partial charge in [0.1, 0.15) is 18.8 Å². The Morgan fingerprint density at radius 1 is 0.958 bits per heavy atom. The average molecular weight is 347 g/mol. The summed E-state index contributed by atoms with van der Waals surface area (Å²) in [5.74, 6) is -2.54. The van der Waals surface area contributed by atoms with Crippen molar-refractivity contribution in [2.75, 3.05) is 6.61 Å². The Morgan fingerprint density at radius 2 is 1.50 bits per heavy atom. The van der Waals surface area contributed by atoms with Crippen molar-refractivity contribution >= 4 is 23.8 Å². The van der Waals surface area contributed by atoms with Gasteiger partial charge in [-0.3, -0.25) is 19.2 Å². The Kier molecular flexibility index (Phi) is 7.11. The Balaban J connectivity index is 3.11. The van der Waals surface area contributed by atoms with E-state index in [1.165, 1.54) is 13.8 Å². The zero-order chi connectivity index (χ0) is 18.4. The Labute approximate surface area is 138 Å². The van der Waals surface area contributed by atoms with E-state index in [1.807, 2.05) is 0 Å². The highest BCUT2D eigenvalue weighted by molar-refractivity contribution is 5.73. The van der Waals surface area contributed by atoms with E-state index in [4.69, 9.17) is 18.9 Å². The molecule has 24 heavy (non-hydrogen) atoms. The van der Waals surface area contributed by atoms with Crippen LogP contribution in [-0.2, 0) is 38.1 Å². The van der Waals surface area contributed by atoms with Crippen LogP contribution in [0, 0.1) is 0 Å². The van der Waals surface area contributed by atoms with Crippen molar-refractivity contribution in [2.24, 2.45) is 0 Å². The summed E-state index contributed by atoms with van der Waals surface area (Å²) in [6.45, 7) is 4.28. The normalized spacial score (nSPS) is 29.3. The van der Waals surface area contributed by atoms with Gasteiger partial charge in [0.2, 0.25) is 5.91 Å². The van der Waals surface area contributed by atoms with Gasteiger partial charge in [0.15, 0.2) is 18.5 Å². The van der Waals surface area contributed by atoms with Gasteiger partial charge in [-0.1, -0.05) is 0 Å². The summed E-state index contributed by atoms with van der Waals surface area (Å²) in [7, 11) is 0. The minimum Gasteiger partial charge on any atom is -0.463 e. The minimum absolute atomic E-state index is 0.338. The number of carbonyl (C=O) groups excluding carboxylic acids is 4. The molecule has 0 aromatic heterocycles. The molecule has 0 saturated carbocycles. The highest BCUT2D eigenvalue weighted by atomic mass is 16.7. The number of hydrogen-bond acceptors (Lipinski definition) is 9. The first-order valence-electron chi connectivity index (χ1n) is 7.20. The van der Waals surface area contributed by atoms with Crippen LogP contribution in [0.3, 0.4) is 0 Å². The molecule has 1 amide bonds. The molecule has 136 valence electrons. The lowest BCUT2D eigenvalue weighted by molar-refractivity contribution is -0.264. The molecule has 2 unspecified atom stereocenters. The molecule has 0 bridgehead atoms. The number of aliphatic hydroxyl groups excluding tert-OH is 1. The summed E-state index contributed by atoms with van der Waals surface area (Å²) >= 11 is 0. The molecule has 0 radical (unpaired) electrons. The summed E-state index contributed by atoms with van der Waals surface area (Å²) in [6.07, 6.45) is -5.06. The molecule has 10 nitrogen and oxygen atoms in total. The molecule has 0 spiro atoms. The van der Waals surface area contributed by atoms with Crippen LogP contribution >= 0.6 is 0 Å². The van der Waals surface area contributed by atoms with E-state index in [-0.39, 0.29) is 6.61 Å². The number of amides is 1. The van der Waals surface area contributed by atoms with Gasteiger partial charge in [0.25, 0.3) is 0 Å². The van der Waals surface area contributed by atoms with E-state index in [0.29, 0.717) is 0 Å². The van der Waals surface area contributed by atoms with Gasteiger partial charge in [-0.2, -0.15) is 0 Å². The molecule has 1 heterocycles. The molecule has 2 N–H and O–H groups in total. The van der Waals surface area contributed by atoms with E-state index in [9.17, 15) is 24.3 Å². The van der Waals surface area contributed by atoms with Crippen molar-refractivity contribution in [3.05, 3.63) is 0 Å². The third kappa shape index (κ3) is 5.78. The van der Waals surface area contributed by atoms with Crippen LogP contribution in [0.4, 0.5) is 0 Å². The number of rotatable bonds is 5. The minimum atomic E-state index is -1.56. The maximum Gasteiger partial charge on any atom is 0.303 e. The van der Waals surface area contributed by atoms with Crippen molar-refractivity contribution in [2.45, 2.75) is 58.3 Å². The Morgan fingerprint density at radius 3 is 1.96 bits per heavy atom. The van der Waals surface area contributed by atoms with Crippen molar-refractivity contribution in [3.63, 3.8) is 0 Å². The predicted octanol–water partition coefficient (Wildman–Crippen LogP) is -1.37. The lowest BCUT2D eigenvalue weighted by Gasteiger charge is -2.43. The molecule has 10 heteroatoms. The predicted molar refractivity (Wildman–Crippen MR) is 76.2 cm³/mol. The van der Waals surface area contributed by atoms with E-state index in [0.717, 1.165) is 13.8 Å². The number of hydrogen-bond donors (Lipinski definition) is 2. The van der Waals surface area contributed by atoms with Crippen LogP contribution in [0.15, 0.2) is 0 Å². The van der Waals surface area contributed by atoms with Crippen LogP contribution in [0.5, 0.6) is 0 Å². The van der Waals surface area contributed by atoms with E-state index >= 15 is 0 Å². The molecule has 0 aromatic rings. The van der Waals surface area contributed by atoms with Crippen LogP contribution in [0.2, 0.25) is 0 Å². The summed E-state index contributed by atoms with van der Waals surface area (Å²) in [5.41, 5.74) is 0. The second-order valence-electron chi connectivity index (χ2n) is 5.24. The first-order chi connectivity index (χ1) is 11.1. The molecule has 1 saturated heterocycles. The maximum atomic E-state index is 11.4. The number of carbonyl (C=O) groups is 4. The lowest BCUT2D eigenvalue weighted by atomic mass is 9.96. The molecule has 0 aliphatic carbocycles. The topological polar surface area (TPSA) is 137 Å². The van der Waals surface area contributed by atoms with Gasteiger partial charge in [-0.15, -0.1) is 0 Å². The summed E-state index contributed by atoms with van der Waals surface area (Å²) in [4.78, 5) is 45.0. The monoisotopic (exact) mass is 347 g/mol. The third-order valence-electron chi connectivity index (χ3n) is 3.09. The van der Waals surface area contributed by atoms with Crippen LogP contribution < -0.4 is 5.32 Å². The number of nitrogens with one attached hydrogen (secondary N) is 1. The zero-order valence-electron chi connectivity index (χ0n) is 13.8. The molecule has 5 atom stereocenters. The van der Waals surface area contributed by atoms with Gasteiger partial charge in [-0.05, 0) is 0 Å². The lowest BCUT2D eigenvalue weighted by Crippen LogP contribution is -2.66. The molecule has 1 aliphatic rings. The number of ether oxygens (including phenoxy) is 4. The van der Waals surface area contributed by atoms with Gasteiger partial charge in [-0.25, -0.2) is 0 Å². The van der Waals surface area contributed by atoms with Crippen LogP contribution in [0.25, 0.3) is 0 Å². The van der Waals surface area contributed by atoms with Gasteiger partial charge in [0, 0.05) is 27.7 Å². The van der Waals surface area contributed by atoms with Gasteiger partial charge < -0.3 is 29.4 Å². The molecule has 1 aliphatic heterocycles. The van der Waals surface area contributed by atoms with Crippen molar-refractivity contribution < 1.29 is 43.2 Å². The van der Waals surface area contributed by atoms with E-state index in [2.05, 4.69) is 5.32 Å².